The third-order valence-electron chi connectivity index (χ3n) is 2.54. The Bertz CT molecular complexity index is 499. The molecule has 21 heavy (non-hydrogen) atoms. The zero-order chi connectivity index (χ0) is 16.0. The molecule has 116 valence electrons. The average molecular weight is 305 g/mol. The van der Waals surface area contributed by atoms with Crippen LogP contribution in [0.4, 0.5) is 13.2 Å². The van der Waals surface area contributed by atoms with E-state index >= 15 is 0 Å². The third-order valence-corrected chi connectivity index (χ3v) is 2.54. The topological polar surface area (TPSA) is 75.6 Å². The number of carboxylic acids is 1. The van der Waals surface area contributed by atoms with E-state index < -0.39 is 24.1 Å². The number of hydrogen-bond acceptors (Lipinski definition) is 3. The summed E-state index contributed by atoms with van der Waals surface area (Å²) in [6.45, 7) is 2.25. The Labute approximate surface area is 118 Å². The molecule has 0 heterocycles. The summed E-state index contributed by atoms with van der Waals surface area (Å²) in [4.78, 5) is 21.7. The number of halogens is 3. The van der Waals surface area contributed by atoms with Gasteiger partial charge in [0.25, 0.3) is 0 Å². The van der Waals surface area contributed by atoms with E-state index in [0.717, 1.165) is 0 Å². The first-order valence-electron chi connectivity index (χ1n) is 6.06. The van der Waals surface area contributed by atoms with Crippen molar-refractivity contribution < 1.29 is 32.6 Å². The van der Waals surface area contributed by atoms with Crippen molar-refractivity contribution in [3.8, 4) is 5.75 Å². The van der Waals surface area contributed by atoms with Gasteiger partial charge in [0.15, 0.2) is 0 Å². The minimum absolute atomic E-state index is 0.260. The normalized spacial score (nSPS) is 12.6. The van der Waals surface area contributed by atoms with Crippen molar-refractivity contribution in [2.45, 2.75) is 25.6 Å². The summed E-state index contributed by atoms with van der Waals surface area (Å²) in [5, 5.41) is 10.3. The fourth-order valence-electron chi connectivity index (χ4n) is 1.56. The Kier molecular flexibility index (Phi) is 5.57. The van der Waals surface area contributed by atoms with E-state index in [-0.39, 0.29) is 6.42 Å². The van der Waals surface area contributed by atoms with Gasteiger partial charge >= 0.3 is 18.1 Å². The highest BCUT2D eigenvalue weighted by Crippen LogP contribution is 2.16. The number of carbonyl (C=O) groups is 2. The number of carbonyl (C=O) groups excluding carboxylic acids is 1. The van der Waals surface area contributed by atoms with Gasteiger partial charge in [-0.05, 0) is 24.6 Å². The fourth-order valence-corrected chi connectivity index (χ4v) is 1.56. The van der Waals surface area contributed by atoms with Crippen LogP contribution in [0.1, 0.15) is 12.5 Å². The molecule has 8 heteroatoms. The highest BCUT2D eigenvalue weighted by atomic mass is 19.4. The van der Waals surface area contributed by atoms with Gasteiger partial charge in [0.05, 0.1) is 6.61 Å². The van der Waals surface area contributed by atoms with Crippen LogP contribution in [-0.4, -0.2) is 35.8 Å². The number of hydrogen-bond donors (Lipinski definition) is 2. The van der Waals surface area contributed by atoms with Crippen LogP contribution in [0, 0.1) is 0 Å². The van der Waals surface area contributed by atoms with Gasteiger partial charge < -0.3 is 15.2 Å². The molecule has 0 saturated heterocycles. The lowest BCUT2D eigenvalue weighted by Gasteiger charge is -2.16. The maximum atomic E-state index is 12.1. The molecule has 0 radical (unpaired) electrons. The van der Waals surface area contributed by atoms with Crippen LogP contribution in [0.15, 0.2) is 24.3 Å². The Hall–Kier alpha value is -2.25. The van der Waals surface area contributed by atoms with Crippen molar-refractivity contribution in [1.29, 1.82) is 0 Å². The van der Waals surface area contributed by atoms with Crippen LogP contribution in [-0.2, 0) is 16.0 Å². The van der Waals surface area contributed by atoms with Crippen molar-refractivity contribution in [3.05, 3.63) is 29.8 Å². The fraction of sp³-hybridized carbons (Fsp3) is 0.385. The maximum absolute atomic E-state index is 12.1. The standard InChI is InChI=1S/C13H14F3NO4/c1-2-21-9-5-3-8(4-6-9)7-10(11(18)19)17-12(20)13(14,15)16/h3-6,10H,2,7H2,1H3,(H,17,20)(H,18,19)/t10-/m0/s1. The summed E-state index contributed by atoms with van der Waals surface area (Å²) in [6, 6.07) is 4.55. The summed E-state index contributed by atoms with van der Waals surface area (Å²) in [6.07, 6.45) is -5.38. The molecule has 1 amide bonds. The zero-order valence-electron chi connectivity index (χ0n) is 11.1. The van der Waals surface area contributed by atoms with Crippen molar-refractivity contribution in [3.63, 3.8) is 0 Å². The van der Waals surface area contributed by atoms with Crippen LogP contribution in [0.2, 0.25) is 0 Å². The van der Waals surface area contributed by atoms with Crippen molar-refractivity contribution in [1.82, 2.24) is 5.32 Å². The molecule has 0 spiro atoms. The maximum Gasteiger partial charge on any atom is 0.471 e. The van der Waals surface area contributed by atoms with Crippen molar-refractivity contribution in [2.24, 2.45) is 0 Å². The molecule has 1 aromatic carbocycles. The van der Waals surface area contributed by atoms with E-state index in [1.165, 1.54) is 17.4 Å². The second-order valence-corrected chi connectivity index (χ2v) is 4.14. The lowest BCUT2D eigenvalue weighted by Crippen LogP contribution is -2.47. The highest BCUT2D eigenvalue weighted by Gasteiger charge is 2.40. The summed E-state index contributed by atoms with van der Waals surface area (Å²) in [7, 11) is 0. The van der Waals surface area contributed by atoms with Crippen molar-refractivity contribution in [2.75, 3.05) is 6.61 Å². The molecule has 0 bridgehead atoms. The second-order valence-electron chi connectivity index (χ2n) is 4.14. The van der Waals surface area contributed by atoms with Gasteiger partial charge in [-0.15, -0.1) is 0 Å². The van der Waals surface area contributed by atoms with Gasteiger partial charge in [0.2, 0.25) is 0 Å². The van der Waals surface area contributed by atoms with E-state index in [4.69, 9.17) is 9.84 Å². The number of ether oxygens (including phenoxy) is 1. The first-order chi connectivity index (χ1) is 9.74. The Balaban J connectivity index is 2.75. The smallest absolute Gasteiger partial charge is 0.471 e. The SMILES string of the molecule is CCOc1ccc(C[C@H](NC(=O)C(F)(F)F)C(=O)O)cc1. The van der Waals surface area contributed by atoms with Crippen LogP contribution in [0.25, 0.3) is 0 Å². The van der Waals surface area contributed by atoms with E-state index in [9.17, 15) is 22.8 Å². The largest absolute Gasteiger partial charge is 0.494 e. The molecule has 1 atom stereocenters. The number of amides is 1. The van der Waals surface area contributed by atoms with Gasteiger partial charge in [-0.3, -0.25) is 4.79 Å². The lowest BCUT2D eigenvalue weighted by molar-refractivity contribution is -0.175. The van der Waals surface area contributed by atoms with E-state index in [1.54, 1.807) is 19.1 Å². The molecule has 2 N–H and O–H groups in total. The molecule has 0 unspecified atom stereocenters. The summed E-state index contributed by atoms with van der Waals surface area (Å²) < 4.78 is 41.6. The molecule has 0 aliphatic carbocycles. The molecule has 1 rings (SSSR count). The van der Waals surface area contributed by atoms with E-state index in [1.807, 2.05) is 0 Å². The van der Waals surface area contributed by atoms with Crippen molar-refractivity contribution >= 4 is 11.9 Å². The number of alkyl halides is 3. The molecule has 1 aromatic rings. The summed E-state index contributed by atoms with van der Waals surface area (Å²) in [5.41, 5.74) is 0.466. The summed E-state index contributed by atoms with van der Waals surface area (Å²) in [5.74, 6) is -3.25. The minimum atomic E-state index is -5.12. The first-order valence-corrected chi connectivity index (χ1v) is 6.06. The number of benzene rings is 1. The Morgan fingerprint density at radius 2 is 1.86 bits per heavy atom. The number of aliphatic carboxylic acids is 1. The second kappa shape index (κ2) is 6.96. The summed E-state index contributed by atoms with van der Waals surface area (Å²) >= 11 is 0. The van der Waals surface area contributed by atoms with Crippen LogP contribution < -0.4 is 10.1 Å². The molecule has 0 fully saturated rings. The average Bonchev–Trinajstić information content (AvgIpc) is 2.39. The predicted octanol–water partition coefficient (Wildman–Crippen LogP) is 1.76. The quantitative estimate of drug-likeness (QED) is 0.839. The van der Waals surface area contributed by atoms with Gasteiger partial charge in [-0.25, -0.2) is 4.79 Å². The van der Waals surface area contributed by atoms with Gasteiger partial charge in [0, 0.05) is 6.42 Å². The number of nitrogens with one attached hydrogen (secondary N) is 1. The lowest BCUT2D eigenvalue weighted by atomic mass is 10.1. The van der Waals surface area contributed by atoms with Gasteiger partial charge in [-0.1, -0.05) is 12.1 Å². The third kappa shape index (κ3) is 5.33. The number of carboxylic acid groups (broad SMARTS) is 1. The molecule has 0 aliphatic rings. The molecule has 5 nitrogen and oxygen atoms in total. The molecular formula is C13H14F3NO4. The zero-order valence-corrected chi connectivity index (χ0v) is 11.1. The molecule has 0 saturated carbocycles. The number of rotatable bonds is 6. The van der Waals surface area contributed by atoms with Crippen LogP contribution >= 0.6 is 0 Å². The minimum Gasteiger partial charge on any atom is -0.494 e. The van der Waals surface area contributed by atoms with Crippen LogP contribution in [0.5, 0.6) is 5.75 Å². The monoisotopic (exact) mass is 305 g/mol. The van der Waals surface area contributed by atoms with E-state index in [2.05, 4.69) is 0 Å². The van der Waals surface area contributed by atoms with E-state index in [0.29, 0.717) is 17.9 Å². The predicted molar refractivity (Wildman–Crippen MR) is 66.9 cm³/mol. The first kappa shape index (κ1) is 16.8. The Morgan fingerprint density at radius 3 is 2.29 bits per heavy atom. The van der Waals surface area contributed by atoms with Crippen LogP contribution in [0.3, 0.4) is 0 Å². The molecule has 0 aliphatic heterocycles. The van der Waals surface area contributed by atoms with Gasteiger partial charge in [0.1, 0.15) is 11.8 Å². The highest BCUT2D eigenvalue weighted by molar-refractivity contribution is 5.87. The van der Waals surface area contributed by atoms with Gasteiger partial charge in [-0.2, -0.15) is 13.2 Å². The Morgan fingerprint density at radius 1 is 1.29 bits per heavy atom. The molecule has 0 aromatic heterocycles. The molecular weight excluding hydrogens is 291 g/mol.